The average molecular weight is 263 g/mol. The first-order chi connectivity index (χ1) is 8.93. The van der Waals surface area contributed by atoms with E-state index in [2.05, 4.69) is 33.0 Å². The molecule has 106 valence electrons. The minimum absolute atomic E-state index is 0.389. The van der Waals surface area contributed by atoms with Crippen molar-refractivity contribution in [3.05, 3.63) is 35.4 Å². The summed E-state index contributed by atoms with van der Waals surface area (Å²) >= 11 is 0. The number of nitrogens with one attached hydrogen (secondary N) is 1. The molecule has 0 spiro atoms. The van der Waals surface area contributed by atoms with E-state index in [1.165, 1.54) is 0 Å². The minimum Gasteiger partial charge on any atom is -0.478 e. The van der Waals surface area contributed by atoms with Crippen LogP contribution in [-0.4, -0.2) is 17.6 Å². The molecule has 0 bridgehead atoms. The lowest BCUT2D eigenvalue weighted by Gasteiger charge is -2.25. The van der Waals surface area contributed by atoms with E-state index in [1.807, 2.05) is 12.1 Å². The molecule has 1 rings (SSSR count). The van der Waals surface area contributed by atoms with Crippen LogP contribution in [0.5, 0.6) is 0 Å². The maximum atomic E-state index is 11.1. The van der Waals surface area contributed by atoms with Crippen molar-refractivity contribution in [1.82, 2.24) is 5.32 Å². The van der Waals surface area contributed by atoms with E-state index in [1.54, 1.807) is 12.1 Å². The van der Waals surface area contributed by atoms with E-state index < -0.39 is 5.97 Å². The van der Waals surface area contributed by atoms with Crippen molar-refractivity contribution in [3.63, 3.8) is 0 Å². The second-order valence-corrected chi connectivity index (χ2v) is 5.75. The first-order valence-corrected chi connectivity index (χ1v) is 6.95. The Balaban J connectivity index is 2.60. The smallest absolute Gasteiger partial charge is 0.336 e. The molecule has 0 fully saturated rings. The number of hydrogen-bond acceptors (Lipinski definition) is 2. The van der Waals surface area contributed by atoms with Gasteiger partial charge >= 0.3 is 5.97 Å². The quantitative estimate of drug-likeness (QED) is 0.792. The van der Waals surface area contributed by atoms with Crippen molar-refractivity contribution >= 4 is 5.97 Å². The van der Waals surface area contributed by atoms with Gasteiger partial charge in [0, 0.05) is 6.54 Å². The van der Waals surface area contributed by atoms with Gasteiger partial charge in [-0.15, -0.1) is 0 Å². The number of benzene rings is 1. The van der Waals surface area contributed by atoms with Crippen molar-refractivity contribution in [3.8, 4) is 0 Å². The van der Waals surface area contributed by atoms with Gasteiger partial charge in [0.25, 0.3) is 0 Å². The van der Waals surface area contributed by atoms with Crippen molar-refractivity contribution in [2.45, 2.75) is 34.2 Å². The monoisotopic (exact) mass is 263 g/mol. The largest absolute Gasteiger partial charge is 0.478 e. The SMILES string of the molecule is CC(C)C(CNCc1ccccc1C(=O)O)C(C)C. The van der Waals surface area contributed by atoms with Crippen LogP contribution >= 0.6 is 0 Å². The molecule has 1 aromatic rings. The Bertz CT molecular complexity index is 405. The fourth-order valence-corrected chi connectivity index (χ4v) is 2.50. The van der Waals surface area contributed by atoms with Gasteiger partial charge in [0.15, 0.2) is 0 Å². The summed E-state index contributed by atoms with van der Waals surface area (Å²) < 4.78 is 0. The zero-order valence-corrected chi connectivity index (χ0v) is 12.3. The third-order valence-corrected chi connectivity index (χ3v) is 3.66. The lowest BCUT2D eigenvalue weighted by Crippen LogP contribution is -2.29. The first-order valence-electron chi connectivity index (χ1n) is 6.95. The number of rotatable bonds is 7. The number of hydrogen-bond donors (Lipinski definition) is 2. The van der Waals surface area contributed by atoms with Crippen molar-refractivity contribution in [1.29, 1.82) is 0 Å². The zero-order valence-electron chi connectivity index (χ0n) is 12.3. The number of carbonyl (C=O) groups is 1. The predicted octanol–water partition coefficient (Wildman–Crippen LogP) is 3.40. The molecule has 0 radical (unpaired) electrons. The Morgan fingerprint density at radius 3 is 2.26 bits per heavy atom. The van der Waals surface area contributed by atoms with Gasteiger partial charge in [-0.3, -0.25) is 0 Å². The standard InChI is InChI=1S/C16H25NO2/c1-11(2)15(12(3)4)10-17-9-13-7-5-6-8-14(13)16(18)19/h5-8,11-12,15,17H,9-10H2,1-4H3,(H,18,19). The molecule has 0 atom stereocenters. The summed E-state index contributed by atoms with van der Waals surface area (Å²) in [5.74, 6) is 1.00. The Morgan fingerprint density at radius 2 is 1.74 bits per heavy atom. The van der Waals surface area contributed by atoms with Crippen LogP contribution < -0.4 is 5.32 Å². The Kier molecular flexibility index (Phi) is 6.03. The number of carboxylic acid groups (broad SMARTS) is 1. The summed E-state index contributed by atoms with van der Waals surface area (Å²) in [5, 5.41) is 12.5. The predicted molar refractivity (Wildman–Crippen MR) is 78.3 cm³/mol. The molecule has 0 aromatic heterocycles. The maximum absolute atomic E-state index is 11.1. The molecule has 3 heteroatoms. The Hall–Kier alpha value is -1.35. The highest BCUT2D eigenvalue weighted by atomic mass is 16.4. The highest BCUT2D eigenvalue weighted by molar-refractivity contribution is 5.89. The lowest BCUT2D eigenvalue weighted by atomic mass is 9.85. The van der Waals surface area contributed by atoms with Crippen LogP contribution in [0.4, 0.5) is 0 Å². The average Bonchev–Trinajstić information content (AvgIpc) is 2.33. The van der Waals surface area contributed by atoms with Crippen molar-refractivity contribution in [2.75, 3.05) is 6.54 Å². The van der Waals surface area contributed by atoms with Gasteiger partial charge in [-0.25, -0.2) is 4.79 Å². The second kappa shape index (κ2) is 7.29. The van der Waals surface area contributed by atoms with Gasteiger partial charge in [-0.2, -0.15) is 0 Å². The Morgan fingerprint density at radius 1 is 1.16 bits per heavy atom. The van der Waals surface area contributed by atoms with E-state index >= 15 is 0 Å². The normalized spacial score (nSPS) is 11.5. The van der Waals surface area contributed by atoms with Gasteiger partial charge in [0.1, 0.15) is 0 Å². The molecule has 0 unspecified atom stereocenters. The van der Waals surface area contributed by atoms with Gasteiger partial charge in [0.05, 0.1) is 5.56 Å². The van der Waals surface area contributed by atoms with E-state index in [0.29, 0.717) is 29.9 Å². The Labute approximate surface area is 116 Å². The topological polar surface area (TPSA) is 49.3 Å². The second-order valence-electron chi connectivity index (χ2n) is 5.75. The van der Waals surface area contributed by atoms with Crippen LogP contribution in [0.2, 0.25) is 0 Å². The van der Waals surface area contributed by atoms with Crippen molar-refractivity contribution in [2.24, 2.45) is 17.8 Å². The summed E-state index contributed by atoms with van der Waals surface area (Å²) in [7, 11) is 0. The highest BCUT2D eigenvalue weighted by Crippen LogP contribution is 2.19. The molecule has 0 saturated heterocycles. The molecule has 0 amide bonds. The van der Waals surface area contributed by atoms with E-state index in [9.17, 15) is 4.79 Å². The molecular weight excluding hydrogens is 238 g/mol. The molecule has 0 saturated carbocycles. The van der Waals surface area contributed by atoms with Gasteiger partial charge in [-0.1, -0.05) is 45.9 Å². The molecule has 2 N–H and O–H groups in total. The van der Waals surface area contributed by atoms with Crippen LogP contribution in [0, 0.1) is 17.8 Å². The maximum Gasteiger partial charge on any atom is 0.336 e. The molecule has 3 nitrogen and oxygen atoms in total. The summed E-state index contributed by atoms with van der Waals surface area (Å²) in [4.78, 5) is 11.1. The number of carboxylic acids is 1. The summed E-state index contributed by atoms with van der Waals surface area (Å²) in [6.07, 6.45) is 0. The molecule has 1 aromatic carbocycles. The van der Waals surface area contributed by atoms with E-state index in [-0.39, 0.29) is 0 Å². The molecule has 0 aliphatic carbocycles. The molecular formula is C16H25NO2. The zero-order chi connectivity index (χ0) is 14.4. The van der Waals surface area contributed by atoms with E-state index in [4.69, 9.17) is 5.11 Å². The van der Waals surface area contributed by atoms with Crippen LogP contribution in [-0.2, 0) is 6.54 Å². The van der Waals surface area contributed by atoms with Gasteiger partial charge in [0.2, 0.25) is 0 Å². The number of aromatic carboxylic acids is 1. The van der Waals surface area contributed by atoms with Gasteiger partial charge in [-0.05, 0) is 35.9 Å². The van der Waals surface area contributed by atoms with Crippen LogP contribution in [0.1, 0.15) is 43.6 Å². The fourth-order valence-electron chi connectivity index (χ4n) is 2.50. The minimum atomic E-state index is -0.860. The summed E-state index contributed by atoms with van der Waals surface area (Å²) in [6, 6.07) is 7.17. The first kappa shape index (κ1) is 15.7. The fraction of sp³-hybridized carbons (Fsp3) is 0.562. The van der Waals surface area contributed by atoms with Crippen LogP contribution in [0.15, 0.2) is 24.3 Å². The van der Waals surface area contributed by atoms with Crippen molar-refractivity contribution < 1.29 is 9.90 Å². The lowest BCUT2D eigenvalue weighted by molar-refractivity contribution is 0.0695. The summed E-state index contributed by atoms with van der Waals surface area (Å²) in [5.41, 5.74) is 1.24. The molecule has 0 aliphatic heterocycles. The van der Waals surface area contributed by atoms with E-state index in [0.717, 1.165) is 12.1 Å². The highest BCUT2D eigenvalue weighted by Gasteiger charge is 2.17. The third-order valence-electron chi connectivity index (χ3n) is 3.66. The third kappa shape index (κ3) is 4.67. The molecule has 0 aliphatic rings. The van der Waals surface area contributed by atoms with Crippen LogP contribution in [0.3, 0.4) is 0 Å². The molecule has 19 heavy (non-hydrogen) atoms. The van der Waals surface area contributed by atoms with Crippen LogP contribution in [0.25, 0.3) is 0 Å². The van der Waals surface area contributed by atoms with Gasteiger partial charge < -0.3 is 10.4 Å². The molecule has 0 heterocycles. The summed E-state index contributed by atoms with van der Waals surface area (Å²) in [6.45, 7) is 10.5.